The van der Waals surface area contributed by atoms with Crippen LogP contribution < -0.4 is 5.32 Å². The molecule has 0 spiro atoms. The maximum atomic E-state index is 5.64. The van der Waals surface area contributed by atoms with Crippen molar-refractivity contribution in [2.24, 2.45) is 0 Å². The number of hydrogen-bond acceptors (Lipinski definition) is 4. The Labute approximate surface area is 96.4 Å². The number of rotatable bonds is 4. The Bertz CT molecular complexity index is 331. The maximum absolute atomic E-state index is 5.64. The van der Waals surface area contributed by atoms with Crippen molar-refractivity contribution < 1.29 is 4.74 Å². The highest BCUT2D eigenvalue weighted by atomic mass is 16.5. The predicted octanol–water partition coefficient (Wildman–Crippen LogP) is 1.61. The van der Waals surface area contributed by atoms with Gasteiger partial charge in [-0.25, -0.2) is 9.97 Å². The van der Waals surface area contributed by atoms with Gasteiger partial charge in [-0.3, -0.25) is 0 Å². The third kappa shape index (κ3) is 2.08. The lowest BCUT2D eigenvalue weighted by atomic mass is 10.0. The van der Waals surface area contributed by atoms with E-state index in [9.17, 15) is 0 Å². The molecule has 16 heavy (non-hydrogen) atoms. The molecule has 1 aliphatic rings. The lowest BCUT2D eigenvalue weighted by molar-refractivity contribution is -0.0163. The van der Waals surface area contributed by atoms with Crippen molar-refractivity contribution >= 4 is 0 Å². The molecule has 0 aliphatic heterocycles. The monoisotopic (exact) mass is 221 g/mol. The van der Waals surface area contributed by atoms with Crippen molar-refractivity contribution in [3.8, 4) is 0 Å². The summed E-state index contributed by atoms with van der Waals surface area (Å²) in [6, 6.07) is 0. The molecule has 0 aromatic carbocycles. The smallest absolute Gasteiger partial charge is 0.160 e. The second-order valence-corrected chi connectivity index (χ2v) is 4.35. The molecule has 0 saturated heterocycles. The summed E-state index contributed by atoms with van der Waals surface area (Å²) in [5.41, 5.74) is 0.883. The average molecular weight is 221 g/mol. The molecular formula is C12H19N3O. The summed E-state index contributed by atoms with van der Waals surface area (Å²) < 4.78 is 5.64. The third-order valence-corrected chi connectivity index (χ3v) is 3.30. The zero-order valence-electron chi connectivity index (χ0n) is 9.99. The molecule has 0 atom stereocenters. The minimum Gasteiger partial charge on any atom is -0.370 e. The van der Waals surface area contributed by atoms with Gasteiger partial charge >= 0.3 is 0 Å². The van der Waals surface area contributed by atoms with E-state index in [0.29, 0.717) is 0 Å². The van der Waals surface area contributed by atoms with Crippen LogP contribution in [-0.4, -0.2) is 24.1 Å². The van der Waals surface area contributed by atoms with Gasteiger partial charge in [0.25, 0.3) is 0 Å². The van der Waals surface area contributed by atoms with Crippen LogP contribution in [0.2, 0.25) is 0 Å². The van der Waals surface area contributed by atoms with Crippen molar-refractivity contribution in [1.29, 1.82) is 0 Å². The molecule has 1 heterocycles. The van der Waals surface area contributed by atoms with E-state index >= 15 is 0 Å². The van der Waals surface area contributed by atoms with E-state index in [1.54, 1.807) is 7.11 Å². The number of methoxy groups -OCH3 is 1. The first-order valence-corrected chi connectivity index (χ1v) is 5.82. The molecule has 0 bridgehead atoms. The van der Waals surface area contributed by atoms with Crippen LogP contribution in [0.4, 0.5) is 0 Å². The van der Waals surface area contributed by atoms with Crippen molar-refractivity contribution in [1.82, 2.24) is 15.3 Å². The first-order valence-electron chi connectivity index (χ1n) is 5.82. The normalized spacial score (nSPS) is 18.9. The number of aromatic nitrogens is 2. The third-order valence-electron chi connectivity index (χ3n) is 3.30. The van der Waals surface area contributed by atoms with E-state index in [4.69, 9.17) is 4.74 Å². The highest BCUT2D eigenvalue weighted by Gasteiger charge is 2.38. The highest BCUT2D eigenvalue weighted by Crippen LogP contribution is 2.39. The lowest BCUT2D eigenvalue weighted by Gasteiger charge is -2.25. The fraction of sp³-hybridized carbons (Fsp3) is 0.667. The molecular weight excluding hydrogens is 202 g/mol. The first-order chi connectivity index (χ1) is 7.80. The quantitative estimate of drug-likeness (QED) is 0.839. The van der Waals surface area contributed by atoms with Crippen molar-refractivity contribution in [3.05, 3.63) is 23.8 Å². The minimum atomic E-state index is -0.224. The maximum Gasteiger partial charge on any atom is 0.160 e. The standard InChI is InChI=1S/C12H19N3O/c1-13-7-10-8-14-11(15-9-10)12(16-2)5-3-4-6-12/h8-9,13H,3-7H2,1-2H3. The second-order valence-electron chi connectivity index (χ2n) is 4.35. The molecule has 4 heteroatoms. The van der Waals surface area contributed by atoms with Crippen LogP contribution in [0.5, 0.6) is 0 Å². The lowest BCUT2D eigenvalue weighted by Crippen LogP contribution is -2.27. The Balaban J connectivity index is 2.19. The summed E-state index contributed by atoms with van der Waals surface area (Å²) in [5.74, 6) is 0.840. The van der Waals surface area contributed by atoms with Crippen molar-refractivity contribution in [2.45, 2.75) is 37.8 Å². The van der Waals surface area contributed by atoms with Crippen LogP contribution in [0.25, 0.3) is 0 Å². The van der Waals surface area contributed by atoms with E-state index in [-0.39, 0.29) is 5.60 Å². The van der Waals surface area contributed by atoms with Crippen LogP contribution in [-0.2, 0) is 16.9 Å². The summed E-state index contributed by atoms with van der Waals surface area (Å²) in [4.78, 5) is 8.89. The summed E-state index contributed by atoms with van der Waals surface area (Å²) in [6.45, 7) is 0.806. The summed E-state index contributed by atoms with van der Waals surface area (Å²) in [7, 11) is 3.68. The van der Waals surface area contributed by atoms with Crippen molar-refractivity contribution in [2.75, 3.05) is 14.2 Å². The molecule has 88 valence electrons. The Hall–Kier alpha value is -1.00. The van der Waals surface area contributed by atoms with Gasteiger partial charge in [0, 0.05) is 31.6 Å². The van der Waals surface area contributed by atoms with Gasteiger partial charge in [-0.15, -0.1) is 0 Å². The molecule has 1 aromatic heterocycles. The van der Waals surface area contributed by atoms with E-state index in [1.165, 1.54) is 12.8 Å². The van der Waals surface area contributed by atoms with Crippen molar-refractivity contribution in [3.63, 3.8) is 0 Å². The highest BCUT2D eigenvalue weighted by molar-refractivity contribution is 5.11. The van der Waals surface area contributed by atoms with Gasteiger partial charge in [0.1, 0.15) is 5.60 Å². The summed E-state index contributed by atoms with van der Waals surface area (Å²) in [6.07, 6.45) is 8.25. The number of nitrogens with zero attached hydrogens (tertiary/aromatic N) is 2. The Morgan fingerprint density at radius 2 is 1.94 bits per heavy atom. The van der Waals surface area contributed by atoms with E-state index < -0.39 is 0 Å². The van der Waals surface area contributed by atoms with Gasteiger partial charge in [0.2, 0.25) is 0 Å². The largest absolute Gasteiger partial charge is 0.370 e. The minimum absolute atomic E-state index is 0.224. The van der Waals surface area contributed by atoms with E-state index in [1.807, 2.05) is 19.4 Å². The van der Waals surface area contributed by atoms with Crippen LogP contribution >= 0.6 is 0 Å². The van der Waals surface area contributed by atoms with Gasteiger partial charge in [-0.2, -0.15) is 0 Å². The Morgan fingerprint density at radius 1 is 1.31 bits per heavy atom. The summed E-state index contributed by atoms with van der Waals surface area (Å²) in [5, 5.41) is 3.09. The van der Waals surface area contributed by atoms with E-state index in [2.05, 4.69) is 15.3 Å². The molecule has 2 rings (SSSR count). The number of nitrogens with one attached hydrogen (secondary N) is 1. The molecule has 0 amide bonds. The molecule has 1 N–H and O–H groups in total. The predicted molar refractivity (Wildman–Crippen MR) is 62.0 cm³/mol. The molecule has 1 fully saturated rings. The fourth-order valence-corrected chi connectivity index (χ4v) is 2.35. The average Bonchev–Trinajstić information content (AvgIpc) is 2.80. The van der Waals surface area contributed by atoms with Gasteiger partial charge in [0.15, 0.2) is 5.82 Å². The van der Waals surface area contributed by atoms with Crippen LogP contribution in [0, 0.1) is 0 Å². The Morgan fingerprint density at radius 3 is 2.44 bits per heavy atom. The summed E-state index contributed by atoms with van der Waals surface area (Å²) >= 11 is 0. The fourth-order valence-electron chi connectivity index (χ4n) is 2.35. The van der Waals surface area contributed by atoms with Gasteiger partial charge in [-0.1, -0.05) is 0 Å². The SMILES string of the molecule is CNCc1cnc(C2(OC)CCCC2)nc1. The zero-order valence-corrected chi connectivity index (χ0v) is 9.99. The first kappa shape index (κ1) is 11.5. The van der Waals surface area contributed by atoms with Crippen LogP contribution in [0.3, 0.4) is 0 Å². The molecule has 1 saturated carbocycles. The molecule has 1 aliphatic carbocycles. The Kier molecular flexibility index (Phi) is 3.51. The molecule has 0 radical (unpaired) electrons. The van der Waals surface area contributed by atoms with Gasteiger partial charge < -0.3 is 10.1 Å². The number of hydrogen-bond donors (Lipinski definition) is 1. The molecule has 1 aromatic rings. The number of ether oxygens (including phenoxy) is 1. The van der Waals surface area contributed by atoms with Gasteiger partial charge in [0.05, 0.1) is 0 Å². The second kappa shape index (κ2) is 4.89. The van der Waals surface area contributed by atoms with E-state index in [0.717, 1.165) is 30.8 Å². The zero-order chi connectivity index (χ0) is 11.4. The topological polar surface area (TPSA) is 47.0 Å². The van der Waals surface area contributed by atoms with Crippen LogP contribution in [0.15, 0.2) is 12.4 Å². The van der Waals surface area contributed by atoms with Crippen LogP contribution in [0.1, 0.15) is 37.1 Å². The molecule has 4 nitrogen and oxygen atoms in total. The van der Waals surface area contributed by atoms with Gasteiger partial charge in [-0.05, 0) is 32.7 Å². The molecule has 0 unspecified atom stereocenters.